The van der Waals surface area contributed by atoms with E-state index in [9.17, 15) is 0 Å². The lowest BCUT2D eigenvalue weighted by atomic mass is 10.0. The predicted octanol–water partition coefficient (Wildman–Crippen LogP) is 3.32. The minimum Gasteiger partial charge on any atom is -0.467 e. The zero-order valence-corrected chi connectivity index (χ0v) is 10.3. The minimum atomic E-state index is 0.680. The van der Waals surface area contributed by atoms with E-state index in [1.807, 2.05) is 6.07 Å². The van der Waals surface area contributed by atoms with Crippen LogP contribution >= 0.6 is 15.9 Å². The van der Waals surface area contributed by atoms with Gasteiger partial charge >= 0.3 is 0 Å². The molecule has 1 aromatic rings. The first-order valence-electron chi connectivity index (χ1n) is 5.73. The second-order valence-corrected chi connectivity index (χ2v) is 5.79. The lowest BCUT2D eigenvalue weighted by Crippen LogP contribution is -2.24. The summed E-state index contributed by atoms with van der Waals surface area (Å²) in [7, 11) is 0. The Morgan fingerprint density at radius 2 is 2.27 bits per heavy atom. The molecule has 3 heteroatoms. The Balaban J connectivity index is 1.49. The van der Waals surface area contributed by atoms with Gasteiger partial charge < -0.3 is 9.73 Å². The third-order valence-corrected chi connectivity index (χ3v) is 4.50. The van der Waals surface area contributed by atoms with Gasteiger partial charge in [-0.1, -0.05) is 0 Å². The molecule has 2 aliphatic carbocycles. The molecule has 2 saturated carbocycles. The molecule has 15 heavy (non-hydrogen) atoms. The Morgan fingerprint density at radius 3 is 2.80 bits per heavy atom. The van der Waals surface area contributed by atoms with Gasteiger partial charge in [0, 0.05) is 6.54 Å². The van der Waals surface area contributed by atoms with Gasteiger partial charge in [0.2, 0.25) is 0 Å². The van der Waals surface area contributed by atoms with Crippen molar-refractivity contribution in [1.82, 2.24) is 5.32 Å². The standard InChI is InChI=1S/C12H16BrNO/c13-10-3-6-15-11(10)7-14-8-12(4-5-12)9-1-2-9/h3,6,9,14H,1-2,4-5,7-8H2. The molecular weight excluding hydrogens is 254 g/mol. The normalized spacial score (nSPS) is 23.0. The maximum atomic E-state index is 5.37. The van der Waals surface area contributed by atoms with Gasteiger partial charge in [0.05, 0.1) is 17.3 Å². The molecule has 0 bridgehead atoms. The van der Waals surface area contributed by atoms with Crippen LogP contribution in [0.2, 0.25) is 0 Å². The van der Waals surface area contributed by atoms with Crippen LogP contribution in [-0.2, 0) is 6.54 Å². The van der Waals surface area contributed by atoms with Crippen molar-refractivity contribution < 1.29 is 4.42 Å². The number of rotatable bonds is 5. The summed E-state index contributed by atoms with van der Waals surface area (Å²) in [5, 5.41) is 3.53. The van der Waals surface area contributed by atoms with Gasteiger partial charge in [-0.3, -0.25) is 0 Å². The third kappa shape index (κ3) is 2.00. The lowest BCUT2D eigenvalue weighted by molar-refractivity contribution is 0.387. The Morgan fingerprint density at radius 1 is 1.47 bits per heavy atom. The van der Waals surface area contributed by atoms with Crippen molar-refractivity contribution in [2.24, 2.45) is 11.3 Å². The van der Waals surface area contributed by atoms with E-state index < -0.39 is 0 Å². The van der Waals surface area contributed by atoms with Crippen molar-refractivity contribution in [3.05, 3.63) is 22.6 Å². The number of hydrogen-bond donors (Lipinski definition) is 1. The maximum absolute atomic E-state index is 5.37. The molecule has 1 aromatic heterocycles. The largest absolute Gasteiger partial charge is 0.467 e. The molecule has 1 heterocycles. The Labute approximate surface area is 98.6 Å². The maximum Gasteiger partial charge on any atom is 0.131 e. The van der Waals surface area contributed by atoms with E-state index in [1.165, 1.54) is 32.2 Å². The van der Waals surface area contributed by atoms with E-state index >= 15 is 0 Å². The van der Waals surface area contributed by atoms with Crippen LogP contribution in [0.1, 0.15) is 31.4 Å². The number of furan rings is 1. The van der Waals surface area contributed by atoms with Crippen molar-refractivity contribution >= 4 is 15.9 Å². The van der Waals surface area contributed by atoms with E-state index in [-0.39, 0.29) is 0 Å². The summed E-state index contributed by atoms with van der Waals surface area (Å²) in [4.78, 5) is 0. The second-order valence-electron chi connectivity index (χ2n) is 4.93. The Kier molecular flexibility index (Phi) is 2.40. The van der Waals surface area contributed by atoms with E-state index in [0.717, 1.165) is 22.7 Å². The summed E-state index contributed by atoms with van der Waals surface area (Å²) in [6, 6.07) is 1.95. The quantitative estimate of drug-likeness (QED) is 0.887. The predicted molar refractivity (Wildman–Crippen MR) is 62.5 cm³/mol. The molecule has 1 N–H and O–H groups in total. The van der Waals surface area contributed by atoms with Crippen LogP contribution in [0.5, 0.6) is 0 Å². The van der Waals surface area contributed by atoms with Gasteiger partial charge in [-0.25, -0.2) is 0 Å². The zero-order chi connectivity index (χ0) is 10.3. The van der Waals surface area contributed by atoms with Crippen LogP contribution in [0.4, 0.5) is 0 Å². The molecule has 2 aliphatic rings. The van der Waals surface area contributed by atoms with Crippen LogP contribution in [0.15, 0.2) is 21.2 Å². The third-order valence-electron chi connectivity index (χ3n) is 3.79. The molecule has 3 rings (SSSR count). The van der Waals surface area contributed by atoms with E-state index in [2.05, 4.69) is 21.2 Å². The smallest absolute Gasteiger partial charge is 0.131 e. The first kappa shape index (κ1) is 9.91. The van der Waals surface area contributed by atoms with Gasteiger partial charge in [0.15, 0.2) is 0 Å². The van der Waals surface area contributed by atoms with Crippen molar-refractivity contribution in [2.45, 2.75) is 32.2 Å². The number of halogens is 1. The highest BCUT2D eigenvalue weighted by molar-refractivity contribution is 9.10. The Bertz CT molecular complexity index is 352. The zero-order valence-electron chi connectivity index (χ0n) is 8.76. The fourth-order valence-corrected chi connectivity index (χ4v) is 2.80. The van der Waals surface area contributed by atoms with Crippen LogP contribution in [0, 0.1) is 11.3 Å². The van der Waals surface area contributed by atoms with Crippen molar-refractivity contribution in [2.75, 3.05) is 6.54 Å². The topological polar surface area (TPSA) is 25.2 Å². The molecule has 0 aliphatic heterocycles. The molecule has 0 radical (unpaired) electrons. The van der Waals surface area contributed by atoms with Crippen molar-refractivity contribution in [1.29, 1.82) is 0 Å². The van der Waals surface area contributed by atoms with Crippen molar-refractivity contribution in [3.8, 4) is 0 Å². The minimum absolute atomic E-state index is 0.680. The SMILES string of the molecule is Brc1ccoc1CNCC1(C2CC2)CC1. The number of hydrogen-bond acceptors (Lipinski definition) is 2. The molecule has 0 aromatic carbocycles. The number of nitrogens with one attached hydrogen (secondary N) is 1. The van der Waals surface area contributed by atoms with E-state index in [4.69, 9.17) is 4.42 Å². The summed E-state index contributed by atoms with van der Waals surface area (Å²) in [6.45, 7) is 2.02. The summed E-state index contributed by atoms with van der Waals surface area (Å²) in [5.41, 5.74) is 0.680. The van der Waals surface area contributed by atoms with Gasteiger partial charge in [-0.15, -0.1) is 0 Å². The molecule has 0 saturated heterocycles. The molecule has 0 spiro atoms. The first-order valence-corrected chi connectivity index (χ1v) is 6.52. The summed E-state index contributed by atoms with van der Waals surface area (Å²) in [5.74, 6) is 2.05. The van der Waals surface area contributed by atoms with Gasteiger partial charge in [0.25, 0.3) is 0 Å². The summed E-state index contributed by atoms with van der Waals surface area (Å²) in [6.07, 6.45) is 7.53. The van der Waals surface area contributed by atoms with Crippen LogP contribution in [0.3, 0.4) is 0 Å². The van der Waals surface area contributed by atoms with Crippen LogP contribution in [0.25, 0.3) is 0 Å². The molecule has 2 fully saturated rings. The highest BCUT2D eigenvalue weighted by Crippen LogP contribution is 2.60. The van der Waals surface area contributed by atoms with Gasteiger partial charge in [-0.05, 0) is 59.0 Å². The fraction of sp³-hybridized carbons (Fsp3) is 0.667. The fourth-order valence-electron chi connectivity index (χ4n) is 2.46. The van der Waals surface area contributed by atoms with Gasteiger partial charge in [0.1, 0.15) is 5.76 Å². The van der Waals surface area contributed by atoms with Crippen molar-refractivity contribution in [3.63, 3.8) is 0 Å². The summed E-state index contributed by atoms with van der Waals surface area (Å²) >= 11 is 3.47. The monoisotopic (exact) mass is 269 g/mol. The molecular formula is C12H16BrNO. The lowest BCUT2D eigenvalue weighted by Gasteiger charge is -2.14. The molecule has 0 atom stereocenters. The first-order chi connectivity index (χ1) is 7.30. The second kappa shape index (κ2) is 3.63. The van der Waals surface area contributed by atoms with E-state index in [0.29, 0.717) is 5.41 Å². The van der Waals surface area contributed by atoms with Crippen LogP contribution < -0.4 is 5.32 Å². The molecule has 82 valence electrons. The molecule has 2 nitrogen and oxygen atoms in total. The highest BCUT2D eigenvalue weighted by atomic mass is 79.9. The van der Waals surface area contributed by atoms with E-state index in [1.54, 1.807) is 6.26 Å². The average molecular weight is 270 g/mol. The van der Waals surface area contributed by atoms with Crippen LogP contribution in [-0.4, -0.2) is 6.54 Å². The molecule has 0 unspecified atom stereocenters. The Hall–Kier alpha value is -0.280. The molecule has 0 amide bonds. The highest BCUT2D eigenvalue weighted by Gasteiger charge is 2.53. The van der Waals surface area contributed by atoms with Gasteiger partial charge in [-0.2, -0.15) is 0 Å². The summed E-state index contributed by atoms with van der Waals surface area (Å²) < 4.78 is 6.44. The average Bonchev–Trinajstić information content (AvgIpc) is 3.10.